The van der Waals surface area contributed by atoms with Crippen molar-refractivity contribution < 1.29 is 19.1 Å². The average Bonchev–Trinajstić information content (AvgIpc) is 3.38. The summed E-state index contributed by atoms with van der Waals surface area (Å²) in [6.45, 7) is 1.82. The quantitative estimate of drug-likeness (QED) is 0.438. The molecule has 4 atom stereocenters. The Kier molecular flexibility index (Phi) is 5.93. The lowest BCUT2D eigenvalue weighted by Gasteiger charge is -2.35. The average molecular weight is 548 g/mol. The summed E-state index contributed by atoms with van der Waals surface area (Å²) >= 11 is 12.4. The number of halogens is 2. The maximum atomic E-state index is 14.0. The normalized spacial score (nSPS) is 23.3. The summed E-state index contributed by atoms with van der Waals surface area (Å²) in [7, 11) is 1.50. The predicted octanol–water partition coefficient (Wildman–Crippen LogP) is 5.46. The molecular formula is C29H23Cl2N3O4. The first-order valence-electron chi connectivity index (χ1n) is 12.1. The third-order valence-electron chi connectivity index (χ3n) is 7.56. The third kappa shape index (κ3) is 3.68. The minimum atomic E-state index is -0.945. The molecule has 3 aliphatic rings. The molecule has 0 aromatic heterocycles. The summed E-state index contributed by atoms with van der Waals surface area (Å²) in [5.74, 6) is -2.45. The standard InChI is InChI=1S/C29H23Cl2N3O4/c1-15-7-8-18(31)14-21(15)34-28(36)23-24(29(34)37)26(27(35)32-20-13-17(30)9-10-22(20)38-2)33-12-11-16-5-3-4-6-19(16)25(23)33/h3-14,23-26H,1-2H3,(H,32,35)/t23-,24+,25?,26-/m0/s1. The Morgan fingerprint density at radius 1 is 0.947 bits per heavy atom. The van der Waals surface area contributed by atoms with Crippen molar-refractivity contribution in [2.24, 2.45) is 11.8 Å². The second kappa shape index (κ2) is 9.19. The van der Waals surface area contributed by atoms with Gasteiger partial charge in [-0.15, -0.1) is 0 Å². The van der Waals surface area contributed by atoms with Crippen LogP contribution >= 0.6 is 23.2 Å². The Balaban J connectivity index is 1.46. The Labute approximate surface area is 229 Å². The highest BCUT2D eigenvalue weighted by molar-refractivity contribution is 6.32. The highest BCUT2D eigenvalue weighted by atomic mass is 35.5. The van der Waals surface area contributed by atoms with Gasteiger partial charge in [0.15, 0.2) is 0 Å². The predicted molar refractivity (Wildman–Crippen MR) is 146 cm³/mol. The number of carbonyl (C=O) groups is 3. The van der Waals surface area contributed by atoms with E-state index in [9.17, 15) is 14.4 Å². The zero-order valence-corrected chi connectivity index (χ0v) is 22.0. The van der Waals surface area contributed by atoms with Gasteiger partial charge in [-0.3, -0.25) is 14.4 Å². The van der Waals surface area contributed by atoms with E-state index in [1.165, 1.54) is 12.0 Å². The van der Waals surface area contributed by atoms with Gasteiger partial charge in [0.2, 0.25) is 17.7 Å². The van der Waals surface area contributed by atoms with Crippen LogP contribution in [0.25, 0.3) is 6.08 Å². The van der Waals surface area contributed by atoms with Crippen LogP contribution in [-0.4, -0.2) is 35.8 Å². The number of carbonyl (C=O) groups excluding carboxylic acids is 3. The van der Waals surface area contributed by atoms with Crippen LogP contribution in [0.3, 0.4) is 0 Å². The summed E-state index contributed by atoms with van der Waals surface area (Å²) in [6.07, 6.45) is 3.71. The molecule has 0 radical (unpaired) electrons. The monoisotopic (exact) mass is 547 g/mol. The van der Waals surface area contributed by atoms with E-state index in [0.29, 0.717) is 27.2 Å². The number of hydrogen-bond acceptors (Lipinski definition) is 5. The first-order valence-corrected chi connectivity index (χ1v) is 12.9. The molecule has 192 valence electrons. The van der Waals surface area contributed by atoms with E-state index in [-0.39, 0.29) is 5.91 Å². The summed E-state index contributed by atoms with van der Waals surface area (Å²) in [4.78, 5) is 45.1. The molecule has 3 aromatic rings. The number of aryl methyl sites for hydroxylation is 1. The lowest BCUT2D eigenvalue weighted by Crippen LogP contribution is -2.46. The molecule has 1 unspecified atom stereocenters. The second-order valence-corrected chi connectivity index (χ2v) is 10.5. The molecule has 0 aliphatic carbocycles. The molecule has 3 aliphatic heterocycles. The summed E-state index contributed by atoms with van der Waals surface area (Å²) in [5.41, 5.74) is 3.39. The number of nitrogens with one attached hydrogen (secondary N) is 1. The van der Waals surface area contributed by atoms with Gasteiger partial charge in [-0.1, -0.05) is 53.5 Å². The van der Waals surface area contributed by atoms with Gasteiger partial charge in [-0.05, 0) is 60.0 Å². The number of rotatable bonds is 4. The Morgan fingerprint density at radius 2 is 1.66 bits per heavy atom. The zero-order valence-electron chi connectivity index (χ0n) is 20.5. The molecule has 0 spiro atoms. The molecule has 3 heterocycles. The largest absolute Gasteiger partial charge is 0.495 e. The highest BCUT2D eigenvalue weighted by Crippen LogP contribution is 2.53. The molecule has 2 saturated heterocycles. The number of imide groups is 1. The summed E-state index contributed by atoms with van der Waals surface area (Å²) in [5, 5.41) is 3.73. The van der Waals surface area contributed by atoms with Crippen molar-refractivity contribution in [2.75, 3.05) is 17.3 Å². The van der Waals surface area contributed by atoms with Crippen LogP contribution in [0.5, 0.6) is 5.75 Å². The highest BCUT2D eigenvalue weighted by Gasteiger charge is 2.64. The van der Waals surface area contributed by atoms with Crippen molar-refractivity contribution in [2.45, 2.75) is 19.0 Å². The number of ether oxygens (including phenoxy) is 1. The van der Waals surface area contributed by atoms with Gasteiger partial charge in [0.25, 0.3) is 0 Å². The maximum absolute atomic E-state index is 14.0. The molecule has 7 nitrogen and oxygen atoms in total. The molecule has 9 heteroatoms. The fraction of sp³-hybridized carbons (Fsp3) is 0.207. The zero-order chi connectivity index (χ0) is 26.7. The van der Waals surface area contributed by atoms with E-state index in [0.717, 1.165) is 16.7 Å². The lowest BCUT2D eigenvalue weighted by atomic mass is 9.84. The Hall–Kier alpha value is -3.81. The molecule has 1 N–H and O–H groups in total. The van der Waals surface area contributed by atoms with Crippen LogP contribution in [0.4, 0.5) is 11.4 Å². The van der Waals surface area contributed by atoms with Gasteiger partial charge >= 0.3 is 0 Å². The Morgan fingerprint density at radius 3 is 2.45 bits per heavy atom. The summed E-state index contributed by atoms with van der Waals surface area (Å²) in [6, 6.07) is 16.3. The SMILES string of the molecule is COc1ccc(Cl)cc1NC(=O)[C@@H]1[C@@H]2C(=O)N(c3cc(Cl)ccc3C)C(=O)[C@@H]2C2c3ccccc3C=CN21. The van der Waals surface area contributed by atoms with E-state index in [4.69, 9.17) is 27.9 Å². The van der Waals surface area contributed by atoms with Crippen molar-refractivity contribution in [3.63, 3.8) is 0 Å². The van der Waals surface area contributed by atoms with Gasteiger partial charge in [0.05, 0.1) is 36.4 Å². The van der Waals surface area contributed by atoms with Crippen LogP contribution in [-0.2, 0) is 14.4 Å². The number of methoxy groups -OCH3 is 1. The van der Waals surface area contributed by atoms with Gasteiger partial charge in [0, 0.05) is 16.2 Å². The Bertz CT molecular complexity index is 1540. The number of amides is 3. The number of nitrogens with zero attached hydrogens (tertiary/aromatic N) is 2. The minimum Gasteiger partial charge on any atom is -0.495 e. The molecule has 6 rings (SSSR count). The number of fused-ring (bicyclic) bond motifs is 5. The van der Waals surface area contributed by atoms with Crippen molar-refractivity contribution in [1.29, 1.82) is 0 Å². The fourth-order valence-corrected chi connectivity index (χ4v) is 6.24. The van der Waals surface area contributed by atoms with Crippen LogP contribution < -0.4 is 15.0 Å². The molecule has 3 amide bonds. The fourth-order valence-electron chi connectivity index (χ4n) is 5.90. The molecule has 0 bridgehead atoms. The molecule has 0 saturated carbocycles. The van der Waals surface area contributed by atoms with E-state index >= 15 is 0 Å². The van der Waals surface area contributed by atoms with Gasteiger partial charge in [0.1, 0.15) is 11.8 Å². The van der Waals surface area contributed by atoms with Crippen LogP contribution in [0.2, 0.25) is 10.0 Å². The van der Waals surface area contributed by atoms with Crippen LogP contribution in [0.1, 0.15) is 22.7 Å². The van der Waals surface area contributed by atoms with Crippen LogP contribution in [0, 0.1) is 18.8 Å². The van der Waals surface area contributed by atoms with Gasteiger partial charge in [-0.2, -0.15) is 0 Å². The van der Waals surface area contributed by atoms with E-state index in [2.05, 4.69) is 5.32 Å². The first-order chi connectivity index (χ1) is 18.3. The van der Waals surface area contributed by atoms with Gasteiger partial charge in [-0.25, -0.2) is 4.90 Å². The van der Waals surface area contributed by atoms with Gasteiger partial charge < -0.3 is 15.0 Å². The van der Waals surface area contributed by atoms with Crippen molar-refractivity contribution in [3.05, 3.63) is 93.6 Å². The van der Waals surface area contributed by atoms with Crippen molar-refractivity contribution in [3.8, 4) is 5.75 Å². The third-order valence-corrected chi connectivity index (χ3v) is 8.03. The van der Waals surface area contributed by atoms with E-state index < -0.39 is 35.7 Å². The molecule has 2 fully saturated rings. The van der Waals surface area contributed by atoms with Crippen molar-refractivity contribution in [1.82, 2.24) is 4.90 Å². The number of anilines is 2. The second-order valence-electron chi connectivity index (χ2n) is 9.61. The molecular weight excluding hydrogens is 525 g/mol. The smallest absolute Gasteiger partial charge is 0.248 e. The topological polar surface area (TPSA) is 79.0 Å². The molecule has 3 aromatic carbocycles. The number of benzene rings is 3. The van der Waals surface area contributed by atoms with E-state index in [1.807, 2.05) is 42.2 Å². The molecule has 38 heavy (non-hydrogen) atoms. The maximum Gasteiger partial charge on any atom is 0.248 e. The van der Waals surface area contributed by atoms with E-state index in [1.54, 1.807) is 42.6 Å². The summed E-state index contributed by atoms with van der Waals surface area (Å²) < 4.78 is 5.40. The van der Waals surface area contributed by atoms with Crippen LogP contribution in [0.15, 0.2) is 66.9 Å². The minimum absolute atomic E-state index is 0.346. The first kappa shape index (κ1) is 24.5. The lowest BCUT2D eigenvalue weighted by molar-refractivity contribution is -0.128. The number of hydrogen-bond donors (Lipinski definition) is 1. The van der Waals surface area contributed by atoms with Crippen molar-refractivity contribution >= 4 is 58.4 Å².